The summed E-state index contributed by atoms with van der Waals surface area (Å²) in [5.41, 5.74) is 3.50. The lowest BCUT2D eigenvalue weighted by Gasteiger charge is -2.34. The van der Waals surface area contributed by atoms with E-state index in [1.165, 1.54) is 11.1 Å². The van der Waals surface area contributed by atoms with Gasteiger partial charge in [0, 0.05) is 11.0 Å². The standard InChI is InChI=1S/C18H18BrNO2/c1-13-17-11-16(19)8-7-15(17)9-10-20(13)18(21)22-12-14-5-3-2-4-6-14/h2-8,11,13H,9-10,12H2,1H3. The Balaban J connectivity index is 1.69. The number of carbonyl (C=O) groups is 1. The first-order valence-electron chi connectivity index (χ1n) is 7.41. The molecule has 1 amide bonds. The first kappa shape index (κ1) is 15.1. The van der Waals surface area contributed by atoms with E-state index in [9.17, 15) is 4.79 Å². The molecule has 0 aliphatic carbocycles. The predicted molar refractivity (Wildman–Crippen MR) is 89.6 cm³/mol. The lowest BCUT2D eigenvalue weighted by atomic mass is 9.94. The van der Waals surface area contributed by atoms with E-state index in [0.29, 0.717) is 13.2 Å². The third-order valence-corrected chi connectivity index (χ3v) is 4.58. The minimum Gasteiger partial charge on any atom is -0.445 e. The highest BCUT2D eigenvalue weighted by Gasteiger charge is 2.28. The van der Waals surface area contributed by atoms with Gasteiger partial charge in [0.2, 0.25) is 0 Å². The van der Waals surface area contributed by atoms with Gasteiger partial charge in [-0.3, -0.25) is 0 Å². The third kappa shape index (κ3) is 3.17. The molecule has 1 heterocycles. The molecule has 0 saturated carbocycles. The van der Waals surface area contributed by atoms with Gasteiger partial charge in [0.1, 0.15) is 6.61 Å². The number of ether oxygens (including phenoxy) is 1. The zero-order valence-corrected chi connectivity index (χ0v) is 14.0. The second-order valence-electron chi connectivity index (χ2n) is 5.50. The summed E-state index contributed by atoms with van der Waals surface area (Å²) >= 11 is 3.50. The average Bonchev–Trinajstić information content (AvgIpc) is 2.54. The fraction of sp³-hybridized carbons (Fsp3) is 0.278. The zero-order chi connectivity index (χ0) is 15.5. The SMILES string of the molecule is CC1c2cc(Br)ccc2CCN1C(=O)OCc1ccccc1. The molecule has 0 bridgehead atoms. The summed E-state index contributed by atoms with van der Waals surface area (Å²) in [7, 11) is 0. The van der Waals surface area contributed by atoms with Crippen molar-refractivity contribution in [2.45, 2.75) is 26.0 Å². The second kappa shape index (κ2) is 6.53. The third-order valence-electron chi connectivity index (χ3n) is 4.09. The highest BCUT2D eigenvalue weighted by molar-refractivity contribution is 9.10. The highest BCUT2D eigenvalue weighted by Crippen LogP contribution is 2.31. The molecule has 1 aliphatic heterocycles. The van der Waals surface area contributed by atoms with Gasteiger partial charge in [-0.2, -0.15) is 0 Å². The van der Waals surface area contributed by atoms with Crippen molar-refractivity contribution in [1.82, 2.24) is 4.90 Å². The van der Waals surface area contributed by atoms with Crippen LogP contribution < -0.4 is 0 Å². The molecule has 2 aromatic rings. The van der Waals surface area contributed by atoms with Crippen LogP contribution in [0.15, 0.2) is 53.0 Å². The summed E-state index contributed by atoms with van der Waals surface area (Å²) in [6.07, 6.45) is 0.620. The first-order chi connectivity index (χ1) is 10.6. The lowest BCUT2D eigenvalue weighted by Crippen LogP contribution is -2.39. The summed E-state index contributed by atoms with van der Waals surface area (Å²) in [5.74, 6) is 0. The van der Waals surface area contributed by atoms with E-state index in [0.717, 1.165) is 16.5 Å². The van der Waals surface area contributed by atoms with Crippen LogP contribution in [0.5, 0.6) is 0 Å². The van der Waals surface area contributed by atoms with E-state index in [-0.39, 0.29) is 12.1 Å². The highest BCUT2D eigenvalue weighted by atomic mass is 79.9. The molecule has 1 unspecified atom stereocenters. The van der Waals surface area contributed by atoms with Gasteiger partial charge in [-0.25, -0.2) is 4.79 Å². The summed E-state index contributed by atoms with van der Waals surface area (Å²) in [4.78, 5) is 14.2. The first-order valence-corrected chi connectivity index (χ1v) is 8.20. The smallest absolute Gasteiger partial charge is 0.410 e. The number of benzene rings is 2. The van der Waals surface area contributed by atoms with Crippen LogP contribution in [0, 0.1) is 0 Å². The minimum absolute atomic E-state index is 0.0320. The number of halogens is 1. The molecule has 22 heavy (non-hydrogen) atoms. The number of rotatable bonds is 2. The van der Waals surface area contributed by atoms with Gasteiger partial charge in [0.05, 0.1) is 6.04 Å². The number of nitrogens with zero attached hydrogens (tertiary/aromatic N) is 1. The normalized spacial score (nSPS) is 17.0. The van der Waals surface area contributed by atoms with Gasteiger partial charge in [-0.1, -0.05) is 52.3 Å². The van der Waals surface area contributed by atoms with Gasteiger partial charge in [0.15, 0.2) is 0 Å². The molecule has 0 N–H and O–H groups in total. The molecule has 0 radical (unpaired) electrons. The number of amides is 1. The van der Waals surface area contributed by atoms with Gasteiger partial charge >= 0.3 is 6.09 Å². The van der Waals surface area contributed by atoms with Crippen molar-refractivity contribution in [1.29, 1.82) is 0 Å². The van der Waals surface area contributed by atoms with E-state index >= 15 is 0 Å². The van der Waals surface area contributed by atoms with Crippen LogP contribution in [-0.2, 0) is 17.8 Å². The molecule has 3 rings (SSSR count). The monoisotopic (exact) mass is 359 g/mol. The van der Waals surface area contributed by atoms with Crippen molar-refractivity contribution in [2.75, 3.05) is 6.54 Å². The summed E-state index contributed by atoms with van der Waals surface area (Å²) in [6, 6.07) is 16.1. The molecule has 4 heteroatoms. The second-order valence-corrected chi connectivity index (χ2v) is 6.42. The molecule has 114 valence electrons. The Bertz CT molecular complexity index is 672. The molecule has 2 aromatic carbocycles. The van der Waals surface area contributed by atoms with E-state index in [1.54, 1.807) is 4.90 Å². The van der Waals surface area contributed by atoms with E-state index in [2.05, 4.69) is 34.1 Å². The van der Waals surface area contributed by atoms with Crippen molar-refractivity contribution in [3.8, 4) is 0 Å². The largest absolute Gasteiger partial charge is 0.445 e. The Labute approximate surface area is 139 Å². The van der Waals surface area contributed by atoms with Crippen LogP contribution in [0.4, 0.5) is 4.79 Å². The molecule has 1 atom stereocenters. The number of hydrogen-bond donors (Lipinski definition) is 0. The van der Waals surface area contributed by atoms with Crippen LogP contribution in [0.25, 0.3) is 0 Å². The zero-order valence-electron chi connectivity index (χ0n) is 12.5. The van der Waals surface area contributed by atoms with Gasteiger partial charge in [-0.05, 0) is 42.2 Å². The van der Waals surface area contributed by atoms with Crippen LogP contribution in [0.1, 0.15) is 29.7 Å². The van der Waals surface area contributed by atoms with Crippen LogP contribution in [-0.4, -0.2) is 17.5 Å². The maximum Gasteiger partial charge on any atom is 0.410 e. The molecule has 0 spiro atoms. The van der Waals surface area contributed by atoms with Crippen molar-refractivity contribution in [2.24, 2.45) is 0 Å². The van der Waals surface area contributed by atoms with Crippen molar-refractivity contribution in [3.05, 3.63) is 69.7 Å². The maximum atomic E-state index is 12.4. The summed E-state index contributed by atoms with van der Waals surface area (Å²) < 4.78 is 6.50. The van der Waals surface area contributed by atoms with Gasteiger partial charge < -0.3 is 9.64 Å². The molecular formula is C18H18BrNO2. The Hall–Kier alpha value is -1.81. The number of carbonyl (C=O) groups excluding carboxylic acids is 1. The molecule has 0 fully saturated rings. The minimum atomic E-state index is -0.248. The number of hydrogen-bond acceptors (Lipinski definition) is 2. The Morgan fingerprint density at radius 3 is 2.82 bits per heavy atom. The van der Waals surface area contributed by atoms with E-state index in [1.807, 2.05) is 37.3 Å². The average molecular weight is 360 g/mol. The van der Waals surface area contributed by atoms with Gasteiger partial charge in [-0.15, -0.1) is 0 Å². The Morgan fingerprint density at radius 1 is 1.27 bits per heavy atom. The fourth-order valence-electron chi connectivity index (χ4n) is 2.84. The van der Waals surface area contributed by atoms with Gasteiger partial charge in [0.25, 0.3) is 0 Å². The van der Waals surface area contributed by atoms with Crippen LogP contribution in [0.2, 0.25) is 0 Å². The maximum absolute atomic E-state index is 12.4. The lowest BCUT2D eigenvalue weighted by molar-refractivity contribution is 0.0803. The van der Waals surface area contributed by atoms with Crippen molar-refractivity contribution >= 4 is 22.0 Å². The Kier molecular flexibility index (Phi) is 4.48. The molecular weight excluding hydrogens is 342 g/mol. The molecule has 0 saturated heterocycles. The summed E-state index contributed by atoms with van der Waals surface area (Å²) in [6.45, 7) is 3.06. The van der Waals surface area contributed by atoms with E-state index in [4.69, 9.17) is 4.74 Å². The number of fused-ring (bicyclic) bond motifs is 1. The topological polar surface area (TPSA) is 29.5 Å². The molecule has 3 nitrogen and oxygen atoms in total. The Morgan fingerprint density at radius 2 is 2.05 bits per heavy atom. The van der Waals surface area contributed by atoms with Crippen LogP contribution >= 0.6 is 15.9 Å². The van der Waals surface area contributed by atoms with Crippen molar-refractivity contribution in [3.63, 3.8) is 0 Å². The van der Waals surface area contributed by atoms with Crippen molar-refractivity contribution < 1.29 is 9.53 Å². The quantitative estimate of drug-likeness (QED) is 0.777. The van der Waals surface area contributed by atoms with Crippen LogP contribution in [0.3, 0.4) is 0 Å². The molecule has 0 aromatic heterocycles. The fourth-order valence-corrected chi connectivity index (χ4v) is 3.22. The predicted octanol–water partition coefficient (Wildman–Crippen LogP) is 4.71. The molecule has 1 aliphatic rings. The summed E-state index contributed by atoms with van der Waals surface area (Å²) in [5, 5.41) is 0. The van der Waals surface area contributed by atoms with E-state index < -0.39 is 0 Å².